The van der Waals surface area contributed by atoms with Crippen LogP contribution in [0.15, 0.2) is 24.3 Å². The van der Waals surface area contributed by atoms with Gasteiger partial charge in [0.2, 0.25) is 0 Å². The van der Waals surface area contributed by atoms with Gasteiger partial charge in [0, 0.05) is 0 Å². The quantitative estimate of drug-likeness (QED) is 0.652. The molecule has 1 aromatic rings. The minimum absolute atomic E-state index is 0.365. The van der Waals surface area contributed by atoms with Gasteiger partial charge in [0.25, 0.3) is 0 Å². The van der Waals surface area contributed by atoms with Gasteiger partial charge < -0.3 is 5.11 Å². The zero-order valence-corrected chi connectivity index (χ0v) is 7.63. The maximum atomic E-state index is 12.8. The Labute approximate surface area is 77.2 Å². The lowest BCUT2D eigenvalue weighted by Crippen LogP contribution is -2.18. The number of hydrogen-bond donors (Lipinski definition) is 1. The molecular formula is C11H11FO. The molecular weight excluding hydrogens is 167 g/mol. The number of rotatable bonds is 1. The Bertz CT molecular complexity index is 358. The van der Waals surface area contributed by atoms with E-state index in [-0.39, 0.29) is 5.82 Å². The van der Waals surface area contributed by atoms with Crippen molar-refractivity contribution in [3.8, 4) is 11.8 Å². The van der Waals surface area contributed by atoms with E-state index in [0.717, 1.165) is 0 Å². The third-order valence-corrected chi connectivity index (χ3v) is 1.76. The van der Waals surface area contributed by atoms with Crippen LogP contribution in [0.1, 0.15) is 19.4 Å². The normalized spacial score (nSPS) is 14.2. The molecule has 0 spiro atoms. The number of benzene rings is 1. The summed E-state index contributed by atoms with van der Waals surface area (Å²) in [5, 5.41) is 9.77. The van der Waals surface area contributed by atoms with Crippen LogP contribution in [0.2, 0.25) is 0 Å². The van der Waals surface area contributed by atoms with Crippen LogP contribution in [0.4, 0.5) is 4.39 Å². The van der Waals surface area contributed by atoms with E-state index in [4.69, 9.17) is 0 Å². The molecule has 1 unspecified atom stereocenters. The highest BCUT2D eigenvalue weighted by molar-refractivity contribution is 5.30. The van der Waals surface area contributed by atoms with Crippen molar-refractivity contribution in [1.82, 2.24) is 0 Å². The topological polar surface area (TPSA) is 20.2 Å². The van der Waals surface area contributed by atoms with Crippen molar-refractivity contribution >= 4 is 0 Å². The van der Waals surface area contributed by atoms with Crippen molar-refractivity contribution in [3.63, 3.8) is 0 Å². The fourth-order valence-corrected chi connectivity index (χ4v) is 1.11. The molecule has 0 saturated carbocycles. The molecule has 1 atom stereocenters. The summed E-state index contributed by atoms with van der Waals surface area (Å²) in [5.41, 5.74) is -0.793. The van der Waals surface area contributed by atoms with Crippen LogP contribution in [-0.4, -0.2) is 5.11 Å². The van der Waals surface area contributed by atoms with Crippen molar-refractivity contribution in [2.75, 3.05) is 0 Å². The Hall–Kier alpha value is -1.33. The summed E-state index contributed by atoms with van der Waals surface area (Å²) in [6, 6.07) is 5.81. The van der Waals surface area contributed by atoms with Crippen molar-refractivity contribution in [2.45, 2.75) is 19.4 Å². The summed E-state index contributed by atoms with van der Waals surface area (Å²) in [4.78, 5) is 0. The van der Waals surface area contributed by atoms with E-state index in [1.807, 2.05) is 0 Å². The van der Waals surface area contributed by atoms with Crippen LogP contribution in [0.3, 0.4) is 0 Å². The molecule has 0 fully saturated rings. The predicted octanol–water partition coefficient (Wildman–Crippen LogP) is 2.06. The van der Waals surface area contributed by atoms with Crippen molar-refractivity contribution in [3.05, 3.63) is 35.6 Å². The summed E-state index contributed by atoms with van der Waals surface area (Å²) in [7, 11) is 0. The second kappa shape index (κ2) is 3.59. The van der Waals surface area contributed by atoms with Gasteiger partial charge in [0.05, 0.1) is 0 Å². The number of aliphatic hydroxyl groups is 1. The first-order valence-electron chi connectivity index (χ1n) is 3.98. The van der Waals surface area contributed by atoms with Gasteiger partial charge in [-0.15, -0.1) is 5.92 Å². The Morgan fingerprint density at radius 1 is 1.46 bits per heavy atom. The summed E-state index contributed by atoms with van der Waals surface area (Å²) >= 11 is 0. The van der Waals surface area contributed by atoms with Crippen LogP contribution in [0.5, 0.6) is 0 Å². The molecule has 1 aromatic carbocycles. The molecule has 0 saturated heterocycles. The van der Waals surface area contributed by atoms with E-state index in [0.29, 0.717) is 5.56 Å². The minimum Gasteiger partial charge on any atom is -0.374 e. The van der Waals surface area contributed by atoms with E-state index in [1.165, 1.54) is 19.1 Å². The third-order valence-electron chi connectivity index (χ3n) is 1.76. The van der Waals surface area contributed by atoms with Crippen molar-refractivity contribution < 1.29 is 9.50 Å². The lowest BCUT2D eigenvalue weighted by atomic mass is 9.97. The Morgan fingerprint density at radius 3 is 2.69 bits per heavy atom. The van der Waals surface area contributed by atoms with E-state index in [1.54, 1.807) is 19.1 Å². The highest BCUT2D eigenvalue weighted by atomic mass is 19.1. The van der Waals surface area contributed by atoms with Crippen LogP contribution in [0, 0.1) is 17.7 Å². The van der Waals surface area contributed by atoms with Gasteiger partial charge in [0.15, 0.2) is 0 Å². The first-order chi connectivity index (χ1) is 6.06. The summed E-state index contributed by atoms with van der Waals surface area (Å²) in [6.45, 7) is 3.17. The van der Waals surface area contributed by atoms with Crippen LogP contribution in [-0.2, 0) is 5.60 Å². The maximum Gasteiger partial charge on any atom is 0.148 e. The average Bonchev–Trinajstić information content (AvgIpc) is 2.04. The molecule has 1 N–H and O–H groups in total. The molecule has 1 nitrogen and oxygen atoms in total. The Balaban J connectivity index is 3.12. The molecule has 0 heterocycles. The number of halogens is 1. The largest absolute Gasteiger partial charge is 0.374 e. The molecule has 0 aliphatic heterocycles. The first kappa shape index (κ1) is 9.76. The van der Waals surface area contributed by atoms with E-state index in [9.17, 15) is 9.50 Å². The van der Waals surface area contributed by atoms with Gasteiger partial charge in [-0.3, -0.25) is 0 Å². The standard InChI is InChI=1S/C11H11FO/c1-3-7-11(2,13)9-5-4-6-10(12)8-9/h4-6,8,13H,1-2H3. The highest BCUT2D eigenvalue weighted by Crippen LogP contribution is 2.19. The Kier molecular flexibility index (Phi) is 2.69. The summed E-state index contributed by atoms with van der Waals surface area (Å²) in [5.74, 6) is 4.84. The monoisotopic (exact) mass is 178 g/mol. The smallest absolute Gasteiger partial charge is 0.148 e. The summed E-state index contributed by atoms with van der Waals surface area (Å²) in [6.07, 6.45) is 0. The van der Waals surface area contributed by atoms with Gasteiger partial charge in [-0.25, -0.2) is 4.39 Å². The zero-order chi connectivity index (χ0) is 9.90. The van der Waals surface area contributed by atoms with Crippen molar-refractivity contribution in [1.29, 1.82) is 0 Å². The minimum atomic E-state index is -1.27. The molecule has 68 valence electrons. The van der Waals surface area contributed by atoms with Gasteiger partial charge >= 0.3 is 0 Å². The molecule has 0 aromatic heterocycles. The molecule has 13 heavy (non-hydrogen) atoms. The lowest BCUT2D eigenvalue weighted by molar-refractivity contribution is 0.121. The summed E-state index contributed by atoms with van der Waals surface area (Å²) < 4.78 is 12.8. The molecule has 0 radical (unpaired) electrons. The second-order valence-electron chi connectivity index (χ2n) is 2.96. The molecule has 1 rings (SSSR count). The van der Waals surface area contributed by atoms with E-state index in [2.05, 4.69) is 11.8 Å². The average molecular weight is 178 g/mol. The van der Waals surface area contributed by atoms with E-state index < -0.39 is 5.60 Å². The van der Waals surface area contributed by atoms with Crippen LogP contribution in [0.25, 0.3) is 0 Å². The molecule has 0 amide bonds. The first-order valence-corrected chi connectivity index (χ1v) is 3.98. The molecule has 0 aliphatic carbocycles. The van der Waals surface area contributed by atoms with E-state index >= 15 is 0 Å². The van der Waals surface area contributed by atoms with Gasteiger partial charge in [0.1, 0.15) is 11.4 Å². The maximum absolute atomic E-state index is 12.8. The number of hydrogen-bond acceptors (Lipinski definition) is 1. The Morgan fingerprint density at radius 2 is 2.15 bits per heavy atom. The van der Waals surface area contributed by atoms with Crippen LogP contribution < -0.4 is 0 Å². The fourth-order valence-electron chi connectivity index (χ4n) is 1.11. The molecule has 0 aliphatic rings. The fraction of sp³-hybridized carbons (Fsp3) is 0.273. The second-order valence-corrected chi connectivity index (χ2v) is 2.96. The highest BCUT2D eigenvalue weighted by Gasteiger charge is 2.19. The van der Waals surface area contributed by atoms with Gasteiger partial charge in [-0.1, -0.05) is 18.1 Å². The zero-order valence-electron chi connectivity index (χ0n) is 7.63. The predicted molar refractivity (Wildman–Crippen MR) is 49.4 cm³/mol. The van der Waals surface area contributed by atoms with Gasteiger partial charge in [-0.2, -0.15) is 0 Å². The van der Waals surface area contributed by atoms with Gasteiger partial charge in [-0.05, 0) is 31.5 Å². The third kappa shape index (κ3) is 2.30. The van der Waals surface area contributed by atoms with Crippen molar-refractivity contribution in [2.24, 2.45) is 0 Å². The lowest BCUT2D eigenvalue weighted by Gasteiger charge is -2.16. The SMILES string of the molecule is CC#CC(C)(O)c1cccc(F)c1. The van der Waals surface area contributed by atoms with Crippen LogP contribution >= 0.6 is 0 Å². The molecule has 0 bridgehead atoms. The molecule has 2 heteroatoms.